The molecule has 0 saturated carbocycles. The Balaban J connectivity index is 1.86. The van der Waals surface area contributed by atoms with Gasteiger partial charge in [0.2, 0.25) is 0 Å². The topological polar surface area (TPSA) is 35.2 Å². The summed E-state index contributed by atoms with van der Waals surface area (Å²) in [5.41, 5.74) is 8.04. The van der Waals surface area contributed by atoms with Gasteiger partial charge >= 0.3 is 0 Å². The lowest BCUT2D eigenvalue weighted by Crippen LogP contribution is -2.24. The van der Waals surface area contributed by atoms with Crippen LogP contribution in [0, 0.1) is 0 Å². The number of hydrogen-bond acceptors (Lipinski definition) is 2. The van der Waals surface area contributed by atoms with Gasteiger partial charge in [0, 0.05) is 28.1 Å². The summed E-state index contributed by atoms with van der Waals surface area (Å²) in [6.07, 6.45) is -2.04. The summed E-state index contributed by atoms with van der Waals surface area (Å²) in [7, 11) is 0. The van der Waals surface area contributed by atoms with Gasteiger partial charge in [-0.05, 0) is 23.8 Å². The van der Waals surface area contributed by atoms with Gasteiger partial charge in [-0.25, -0.2) is 8.78 Å². The van der Waals surface area contributed by atoms with Gasteiger partial charge in [-0.2, -0.15) is 0 Å². The van der Waals surface area contributed by atoms with Crippen molar-refractivity contribution in [2.75, 3.05) is 0 Å². The Morgan fingerprint density at radius 2 is 1.86 bits per heavy atom. The molecule has 1 aliphatic rings. The molecule has 0 saturated heterocycles. The second-order valence-electron chi connectivity index (χ2n) is 5.10. The van der Waals surface area contributed by atoms with Crippen LogP contribution in [-0.2, 0) is 0 Å². The van der Waals surface area contributed by atoms with E-state index in [0.717, 1.165) is 21.3 Å². The molecule has 2 unspecified atom stereocenters. The second kappa shape index (κ2) is 5.73. The summed E-state index contributed by atoms with van der Waals surface area (Å²) in [6.45, 7) is 0. The molecular formula is C16H14BrF2NO. The van der Waals surface area contributed by atoms with Gasteiger partial charge < -0.3 is 10.5 Å². The van der Waals surface area contributed by atoms with Crippen LogP contribution in [0.1, 0.15) is 41.7 Å². The molecule has 0 spiro atoms. The number of benzene rings is 2. The molecule has 0 bridgehead atoms. The van der Waals surface area contributed by atoms with Crippen molar-refractivity contribution in [1.29, 1.82) is 0 Å². The van der Waals surface area contributed by atoms with E-state index in [1.165, 1.54) is 12.1 Å². The van der Waals surface area contributed by atoms with Gasteiger partial charge in [0.05, 0.1) is 0 Å². The minimum atomic E-state index is -2.45. The van der Waals surface area contributed by atoms with Crippen molar-refractivity contribution < 1.29 is 13.5 Å². The summed E-state index contributed by atoms with van der Waals surface area (Å²) in [5, 5.41) is 0. The van der Waals surface area contributed by atoms with Crippen LogP contribution in [0.4, 0.5) is 8.78 Å². The Hall–Kier alpha value is -1.46. The molecular weight excluding hydrogens is 340 g/mol. The monoisotopic (exact) mass is 353 g/mol. The van der Waals surface area contributed by atoms with Gasteiger partial charge in [-0.3, -0.25) is 0 Å². The molecule has 1 aliphatic heterocycles. The Labute approximate surface area is 130 Å². The van der Waals surface area contributed by atoms with E-state index in [2.05, 4.69) is 15.9 Å². The van der Waals surface area contributed by atoms with Crippen LogP contribution >= 0.6 is 15.9 Å². The predicted molar refractivity (Wildman–Crippen MR) is 80.5 cm³/mol. The van der Waals surface area contributed by atoms with Gasteiger partial charge in [-0.1, -0.05) is 40.2 Å². The number of rotatable bonds is 2. The first-order valence-corrected chi connectivity index (χ1v) is 7.43. The van der Waals surface area contributed by atoms with Crippen LogP contribution in [0.2, 0.25) is 0 Å². The van der Waals surface area contributed by atoms with E-state index in [4.69, 9.17) is 10.5 Å². The van der Waals surface area contributed by atoms with Crippen LogP contribution < -0.4 is 10.5 Å². The van der Waals surface area contributed by atoms with E-state index in [0.29, 0.717) is 6.42 Å². The van der Waals surface area contributed by atoms with Crippen molar-refractivity contribution in [3.8, 4) is 5.75 Å². The fourth-order valence-electron chi connectivity index (χ4n) is 2.54. The average molecular weight is 354 g/mol. The number of alkyl halides is 2. The molecule has 2 nitrogen and oxygen atoms in total. The van der Waals surface area contributed by atoms with Crippen LogP contribution in [0.5, 0.6) is 5.75 Å². The number of hydrogen-bond donors (Lipinski definition) is 1. The van der Waals surface area contributed by atoms with Crippen LogP contribution in [-0.4, -0.2) is 0 Å². The van der Waals surface area contributed by atoms with Crippen molar-refractivity contribution in [3.05, 3.63) is 63.6 Å². The molecule has 0 fully saturated rings. The molecule has 2 aromatic carbocycles. The summed E-state index contributed by atoms with van der Waals surface area (Å²) in [4.78, 5) is 0. The van der Waals surface area contributed by atoms with Crippen molar-refractivity contribution in [2.45, 2.75) is 25.0 Å². The molecule has 5 heteroatoms. The third kappa shape index (κ3) is 2.94. The van der Waals surface area contributed by atoms with E-state index in [-0.39, 0.29) is 17.7 Å². The maximum Gasteiger partial charge on any atom is 0.263 e. The summed E-state index contributed by atoms with van der Waals surface area (Å²) in [5.74, 6) is 0.750. The first kappa shape index (κ1) is 14.5. The quantitative estimate of drug-likeness (QED) is 0.832. The third-order valence-electron chi connectivity index (χ3n) is 3.67. The molecule has 0 radical (unpaired) electrons. The van der Waals surface area contributed by atoms with Crippen LogP contribution in [0.3, 0.4) is 0 Å². The summed E-state index contributed by atoms with van der Waals surface area (Å²) < 4.78 is 32.1. The maximum absolute atomic E-state index is 12.6. The molecule has 1 heterocycles. The highest BCUT2D eigenvalue weighted by Crippen LogP contribution is 2.40. The lowest BCUT2D eigenvalue weighted by Gasteiger charge is -2.30. The van der Waals surface area contributed by atoms with E-state index in [9.17, 15) is 8.78 Å². The van der Waals surface area contributed by atoms with Crippen molar-refractivity contribution in [2.24, 2.45) is 5.73 Å². The molecule has 0 amide bonds. The molecule has 2 aromatic rings. The maximum atomic E-state index is 12.6. The summed E-state index contributed by atoms with van der Waals surface area (Å²) in [6, 6.07) is 11.8. The smallest absolute Gasteiger partial charge is 0.263 e. The SMILES string of the molecule is NC1CC(c2ccc(C(F)F)cc2)Oc2ccc(Br)cc21. The molecule has 3 rings (SSSR count). The van der Waals surface area contributed by atoms with E-state index in [1.54, 1.807) is 12.1 Å². The number of fused-ring (bicyclic) bond motifs is 1. The minimum absolute atomic E-state index is 0.0168. The van der Waals surface area contributed by atoms with Crippen LogP contribution in [0.25, 0.3) is 0 Å². The fraction of sp³-hybridized carbons (Fsp3) is 0.250. The Bertz CT molecular complexity index is 645. The predicted octanol–water partition coefficient (Wildman–Crippen LogP) is 4.91. The van der Waals surface area contributed by atoms with Crippen molar-refractivity contribution in [1.82, 2.24) is 0 Å². The van der Waals surface area contributed by atoms with E-state index >= 15 is 0 Å². The molecule has 110 valence electrons. The van der Waals surface area contributed by atoms with Crippen molar-refractivity contribution in [3.63, 3.8) is 0 Å². The zero-order chi connectivity index (χ0) is 15.0. The number of halogens is 3. The highest BCUT2D eigenvalue weighted by molar-refractivity contribution is 9.10. The summed E-state index contributed by atoms with van der Waals surface area (Å²) >= 11 is 3.42. The highest BCUT2D eigenvalue weighted by atomic mass is 79.9. The zero-order valence-electron chi connectivity index (χ0n) is 11.1. The first-order valence-electron chi connectivity index (χ1n) is 6.64. The molecule has 0 aromatic heterocycles. The number of nitrogens with two attached hydrogens (primary N) is 1. The van der Waals surface area contributed by atoms with E-state index in [1.807, 2.05) is 18.2 Å². The van der Waals surface area contributed by atoms with Gasteiger partial charge in [0.1, 0.15) is 11.9 Å². The average Bonchev–Trinajstić information content (AvgIpc) is 2.48. The first-order chi connectivity index (χ1) is 10.0. The molecule has 2 N–H and O–H groups in total. The minimum Gasteiger partial charge on any atom is -0.485 e. The standard InChI is InChI=1S/C16H14BrF2NO/c17-11-5-6-14-12(7-11)13(20)8-15(21-14)9-1-3-10(4-2-9)16(18)19/h1-7,13,15-16H,8,20H2. The fourth-order valence-corrected chi connectivity index (χ4v) is 2.91. The second-order valence-corrected chi connectivity index (χ2v) is 6.01. The third-order valence-corrected chi connectivity index (χ3v) is 4.16. The van der Waals surface area contributed by atoms with Crippen molar-refractivity contribution >= 4 is 15.9 Å². The normalized spacial score (nSPS) is 21.0. The number of ether oxygens (including phenoxy) is 1. The largest absolute Gasteiger partial charge is 0.485 e. The Morgan fingerprint density at radius 1 is 1.14 bits per heavy atom. The van der Waals surface area contributed by atoms with Gasteiger partial charge in [0.25, 0.3) is 6.43 Å². The van der Waals surface area contributed by atoms with Gasteiger partial charge in [0.15, 0.2) is 0 Å². The van der Waals surface area contributed by atoms with E-state index < -0.39 is 6.43 Å². The molecule has 2 atom stereocenters. The highest BCUT2D eigenvalue weighted by Gasteiger charge is 2.27. The zero-order valence-corrected chi connectivity index (χ0v) is 12.7. The Kier molecular flexibility index (Phi) is 3.95. The van der Waals surface area contributed by atoms with Crippen LogP contribution in [0.15, 0.2) is 46.9 Å². The molecule has 0 aliphatic carbocycles. The molecule has 21 heavy (non-hydrogen) atoms. The lowest BCUT2D eigenvalue weighted by atomic mass is 9.93. The van der Waals surface area contributed by atoms with Gasteiger partial charge in [-0.15, -0.1) is 0 Å². The Morgan fingerprint density at radius 3 is 2.52 bits per heavy atom. The lowest BCUT2D eigenvalue weighted by molar-refractivity contribution is 0.150.